The van der Waals surface area contributed by atoms with Crippen LogP contribution in [0.4, 0.5) is 4.79 Å². The molecule has 7 nitrogen and oxygen atoms in total. The minimum atomic E-state index is -0.452. The number of aliphatic hydroxyl groups is 1. The SMILES string of the molecule is O=C(NCc1nnc2ccccn12)NC(CO)c1ccccc1. The molecule has 118 valence electrons. The van der Waals surface area contributed by atoms with Gasteiger partial charge in [0, 0.05) is 6.20 Å². The van der Waals surface area contributed by atoms with Gasteiger partial charge < -0.3 is 15.7 Å². The van der Waals surface area contributed by atoms with E-state index in [0.717, 1.165) is 11.2 Å². The van der Waals surface area contributed by atoms with Crippen molar-refractivity contribution in [2.24, 2.45) is 0 Å². The number of rotatable bonds is 5. The zero-order valence-corrected chi connectivity index (χ0v) is 12.4. The average Bonchev–Trinajstić information content (AvgIpc) is 3.02. The second-order valence-corrected chi connectivity index (χ2v) is 5.02. The monoisotopic (exact) mass is 311 g/mol. The summed E-state index contributed by atoms with van der Waals surface area (Å²) < 4.78 is 1.81. The zero-order chi connectivity index (χ0) is 16.1. The minimum Gasteiger partial charge on any atom is -0.394 e. The van der Waals surface area contributed by atoms with Gasteiger partial charge in [-0.1, -0.05) is 36.4 Å². The molecule has 0 saturated carbocycles. The van der Waals surface area contributed by atoms with Crippen LogP contribution < -0.4 is 10.6 Å². The fourth-order valence-electron chi connectivity index (χ4n) is 2.30. The number of fused-ring (bicyclic) bond motifs is 1. The van der Waals surface area contributed by atoms with Gasteiger partial charge in [-0.25, -0.2) is 4.79 Å². The summed E-state index contributed by atoms with van der Waals surface area (Å²) in [7, 11) is 0. The molecule has 1 unspecified atom stereocenters. The lowest BCUT2D eigenvalue weighted by molar-refractivity contribution is 0.216. The van der Waals surface area contributed by atoms with Gasteiger partial charge in [0.25, 0.3) is 0 Å². The highest BCUT2D eigenvalue weighted by Crippen LogP contribution is 2.11. The van der Waals surface area contributed by atoms with Crippen molar-refractivity contribution in [1.29, 1.82) is 0 Å². The van der Waals surface area contributed by atoms with E-state index < -0.39 is 6.04 Å². The zero-order valence-electron chi connectivity index (χ0n) is 12.4. The molecular formula is C16H17N5O2. The first-order chi connectivity index (χ1) is 11.3. The van der Waals surface area contributed by atoms with Crippen molar-refractivity contribution in [3.8, 4) is 0 Å². The molecule has 23 heavy (non-hydrogen) atoms. The molecule has 2 amide bonds. The van der Waals surface area contributed by atoms with Gasteiger partial charge in [-0.2, -0.15) is 0 Å². The molecule has 3 rings (SSSR count). The van der Waals surface area contributed by atoms with Gasteiger partial charge in [0.05, 0.1) is 19.2 Å². The maximum absolute atomic E-state index is 12.0. The summed E-state index contributed by atoms with van der Waals surface area (Å²) in [5, 5.41) is 23.0. The molecule has 0 aliphatic heterocycles. The first kappa shape index (κ1) is 15.0. The van der Waals surface area contributed by atoms with Gasteiger partial charge in [-0.15, -0.1) is 10.2 Å². The Hall–Kier alpha value is -2.93. The second-order valence-electron chi connectivity index (χ2n) is 5.02. The fourth-order valence-corrected chi connectivity index (χ4v) is 2.30. The molecule has 0 bridgehead atoms. The van der Waals surface area contributed by atoms with Crippen LogP contribution in [0.25, 0.3) is 5.65 Å². The Labute approximate surface area is 133 Å². The smallest absolute Gasteiger partial charge is 0.315 e. The summed E-state index contributed by atoms with van der Waals surface area (Å²) >= 11 is 0. The summed E-state index contributed by atoms with van der Waals surface area (Å²) in [6.07, 6.45) is 1.84. The van der Waals surface area contributed by atoms with Crippen LogP contribution in [0.3, 0.4) is 0 Å². The van der Waals surface area contributed by atoms with E-state index >= 15 is 0 Å². The Balaban J connectivity index is 1.61. The number of carbonyl (C=O) groups is 1. The lowest BCUT2D eigenvalue weighted by atomic mass is 10.1. The van der Waals surface area contributed by atoms with Crippen LogP contribution in [0, 0.1) is 0 Å². The van der Waals surface area contributed by atoms with Crippen LogP contribution in [0.2, 0.25) is 0 Å². The number of hydrogen-bond acceptors (Lipinski definition) is 4. The van der Waals surface area contributed by atoms with E-state index in [1.54, 1.807) is 4.40 Å². The van der Waals surface area contributed by atoms with Crippen molar-refractivity contribution >= 4 is 11.7 Å². The molecule has 2 aromatic heterocycles. The molecular weight excluding hydrogens is 294 g/mol. The number of aromatic nitrogens is 3. The highest BCUT2D eigenvalue weighted by molar-refractivity contribution is 5.74. The third-order valence-electron chi connectivity index (χ3n) is 3.48. The largest absolute Gasteiger partial charge is 0.394 e. The Kier molecular flexibility index (Phi) is 4.49. The maximum Gasteiger partial charge on any atom is 0.315 e. The predicted molar refractivity (Wildman–Crippen MR) is 84.6 cm³/mol. The molecule has 0 fully saturated rings. The Morgan fingerprint density at radius 1 is 1.13 bits per heavy atom. The lowest BCUT2D eigenvalue weighted by Crippen LogP contribution is -2.39. The van der Waals surface area contributed by atoms with Gasteiger partial charge >= 0.3 is 6.03 Å². The number of nitrogens with zero attached hydrogens (tertiary/aromatic N) is 3. The van der Waals surface area contributed by atoms with Gasteiger partial charge in [0.15, 0.2) is 11.5 Å². The van der Waals surface area contributed by atoms with Crippen LogP contribution in [-0.2, 0) is 6.54 Å². The Morgan fingerprint density at radius 2 is 1.91 bits per heavy atom. The number of urea groups is 1. The van der Waals surface area contributed by atoms with Crippen LogP contribution in [0.5, 0.6) is 0 Å². The van der Waals surface area contributed by atoms with E-state index in [9.17, 15) is 9.90 Å². The van der Waals surface area contributed by atoms with Crippen molar-refractivity contribution in [3.05, 3.63) is 66.1 Å². The number of nitrogens with one attached hydrogen (secondary N) is 2. The molecule has 3 N–H and O–H groups in total. The van der Waals surface area contributed by atoms with Gasteiger partial charge in [-0.3, -0.25) is 4.40 Å². The van der Waals surface area contributed by atoms with E-state index in [1.165, 1.54) is 0 Å². The first-order valence-electron chi connectivity index (χ1n) is 7.27. The number of carbonyl (C=O) groups excluding carboxylic acids is 1. The summed E-state index contributed by atoms with van der Waals surface area (Å²) in [4.78, 5) is 12.0. The molecule has 0 radical (unpaired) electrons. The van der Waals surface area contributed by atoms with Crippen LogP contribution >= 0.6 is 0 Å². The summed E-state index contributed by atoms with van der Waals surface area (Å²) in [6, 6.07) is 14.1. The van der Waals surface area contributed by atoms with Crippen LogP contribution in [-0.4, -0.2) is 32.3 Å². The molecule has 1 atom stereocenters. The molecule has 0 spiro atoms. The Bertz CT molecular complexity index is 787. The normalized spacial score (nSPS) is 12.0. The third kappa shape index (κ3) is 3.46. The Morgan fingerprint density at radius 3 is 2.70 bits per heavy atom. The number of benzene rings is 1. The fraction of sp³-hybridized carbons (Fsp3) is 0.188. The molecule has 0 saturated heterocycles. The van der Waals surface area contributed by atoms with Crippen LogP contribution in [0.15, 0.2) is 54.7 Å². The van der Waals surface area contributed by atoms with Gasteiger partial charge in [-0.05, 0) is 17.7 Å². The van der Waals surface area contributed by atoms with Crippen molar-refractivity contribution in [2.45, 2.75) is 12.6 Å². The highest BCUT2D eigenvalue weighted by Gasteiger charge is 2.13. The summed E-state index contributed by atoms with van der Waals surface area (Å²) in [5.74, 6) is 0.635. The van der Waals surface area contributed by atoms with Gasteiger partial charge in [0.1, 0.15) is 0 Å². The summed E-state index contributed by atoms with van der Waals surface area (Å²) in [5.41, 5.74) is 1.57. The average molecular weight is 311 g/mol. The molecule has 0 aliphatic rings. The van der Waals surface area contributed by atoms with Gasteiger partial charge in [0.2, 0.25) is 0 Å². The number of amides is 2. The third-order valence-corrected chi connectivity index (χ3v) is 3.48. The van der Waals surface area contributed by atoms with Crippen molar-refractivity contribution in [2.75, 3.05) is 6.61 Å². The van der Waals surface area contributed by atoms with Crippen molar-refractivity contribution < 1.29 is 9.90 Å². The lowest BCUT2D eigenvalue weighted by Gasteiger charge is -2.17. The molecule has 1 aromatic carbocycles. The molecule has 0 aliphatic carbocycles. The quantitative estimate of drug-likeness (QED) is 0.661. The number of hydrogen-bond donors (Lipinski definition) is 3. The predicted octanol–water partition coefficient (Wildman–Crippen LogP) is 1.26. The molecule has 7 heteroatoms. The second kappa shape index (κ2) is 6.89. The number of pyridine rings is 1. The van der Waals surface area contributed by atoms with Crippen molar-refractivity contribution in [1.82, 2.24) is 25.2 Å². The van der Waals surface area contributed by atoms with E-state index in [2.05, 4.69) is 20.8 Å². The topological polar surface area (TPSA) is 91.6 Å². The van der Waals surface area contributed by atoms with Crippen molar-refractivity contribution in [3.63, 3.8) is 0 Å². The van der Waals surface area contributed by atoms with E-state index in [1.807, 2.05) is 54.7 Å². The standard InChI is InChI=1S/C16H17N5O2/c22-11-13(12-6-2-1-3-7-12)18-16(23)17-10-15-20-19-14-8-4-5-9-21(14)15/h1-9,13,22H,10-11H2,(H2,17,18,23). The maximum atomic E-state index is 12.0. The van der Waals surface area contributed by atoms with E-state index in [0.29, 0.717) is 5.82 Å². The van der Waals surface area contributed by atoms with E-state index in [4.69, 9.17) is 0 Å². The summed E-state index contributed by atoms with van der Waals surface area (Å²) in [6.45, 7) is 0.0647. The van der Waals surface area contributed by atoms with E-state index in [-0.39, 0.29) is 19.2 Å². The molecule has 2 heterocycles. The highest BCUT2D eigenvalue weighted by atomic mass is 16.3. The minimum absolute atomic E-state index is 0.175. The first-order valence-corrected chi connectivity index (χ1v) is 7.27. The number of aliphatic hydroxyl groups excluding tert-OH is 1. The van der Waals surface area contributed by atoms with Crippen LogP contribution in [0.1, 0.15) is 17.4 Å². The molecule has 3 aromatic rings.